The smallest absolute Gasteiger partial charge is 0.267 e. The summed E-state index contributed by atoms with van der Waals surface area (Å²) >= 11 is 11.6. The van der Waals surface area contributed by atoms with E-state index in [0.717, 1.165) is 10.9 Å². The second kappa shape index (κ2) is 6.62. The first kappa shape index (κ1) is 16.5. The summed E-state index contributed by atoms with van der Waals surface area (Å²) in [7, 11) is 0. The SMILES string of the molecule is CC(On1nnc2ccc(Cl)cc21)C(=O)Nc1ccc(F)c(Cl)c1. The molecule has 1 heterocycles. The van der Waals surface area contributed by atoms with Gasteiger partial charge in [0.05, 0.1) is 5.02 Å². The minimum Gasteiger partial charge on any atom is -0.382 e. The largest absolute Gasteiger partial charge is 0.382 e. The van der Waals surface area contributed by atoms with Gasteiger partial charge in [-0.1, -0.05) is 28.0 Å². The maximum Gasteiger partial charge on any atom is 0.267 e. The van der Waals surface area contributed by atoms with Crippen LogP contribution in [-0.2, 0) is 4.79 Å². The molecule has 3 rings (SSSR count). The van der Waals surface area contributed by atoms with E-state index < -0.39 is 17.8 Å². The number of hydrogen-bond acceptors (Lipinski definition) is 4. The molecule has 1 atom stereocenters. The molecular formula is C15H11Cl2FN4O2. The Kier molecular flexibility index (Phi) is 4.55. The number of rotatable bonds is 4. The molecule has 1 aromatic heterocycles. The quantitative estimate of drug-likeness (QED) is 0.766. The zero-order chi connectivity index (χ0) is 17.3. The van der Waals surface area contributed by atoms with Crippen molar-refractivity contribution in [3.8, 4) is 0 Å². The third kappa shape index (κ3) is 3.42. The molecule has 6 nitrogen and oxygen atoms in total. The molecule has 0 radical (unpaired) electrons. The van der Waals surface area contributed by atoms with Gasteiger partial charge in [0.15, 0.2) is 0 Å². The van der Waals surface area contributed by atoms with E-state index in [0.29, 0.717) is 21.7 Å². The number of nitrogens with one attached hydrogen (secondary N) is 1. The normalized spacial score (nSPS) is 12.2. The first-order valence-corrected chi connectivity index (χ1v) is 7.63. The lowest BCUT2D eigenvalue weighted by molar-refractivity contribution is -0.127. The molecule has 0 aliphatic carbocycles. The van der Waals surface area contributed by atoms with Crippen LogP contribution in [0.5, 0.6) is 0 Å². The van der Waals surface area contributed by atoms with Crippen LogP contribution in [0.2, 0.25) is 10.0 Å². The van der Waals surface area contributed by atoms with E-state index in [1.165, 1.54) is 12.1 Å². The Balaban J connectivity index is 1.73. The van der Waals surface area contributed by atoms with Crippen LogP contribution >= 0.6 is 23.2 Å². The summed E-state index contributed by atoms with van der Waals surface area (Å²) in [4.78, 5) is 18.8. The van der Waals surface area contributed by atoms with Crippen LogP contribution in [0.1, 0.15) is 6.92 Å². The van der Waals surface area contributed by atoms with Gasteiger partial charge >= 0.3 is 0 Å². The predicted octanol–water partition coefficient (Wildman–Crippen LogP) is 3.33. The molecule has 0 saturated heterocycles. The van der Waals surface area contributed by atoms with E-state index in [1.807, 2.05) is 0 Å². The van der Waals surface area contributed by atoms with Gasteiger partial charge in [-0.25, -0.2) is 4.39 Å². The van der Waals surface area contributed by atoms with Gasteiger partial charge < -0.3 is 10.2 Å². The van der Waals surface area contributed by atoms with Crippen molar-refractivity contribution >= 4 is 45.8 Å². The Morgan fingerprint density at radius 1 is 1.29 bits per heavy atom. The predicted molar refractivity (Wildman–Crippen MR) is 88.6 cm³/mol. The highest BCUT2D eigenvalue weighted by Gasteiger charge is 2.18. The molecule has 0 spiro atoms. The summed E-state index contributed by atoms with van der Waals surface area (Å²) in [6, 6.07) is 8.87. The fourth-order valence-electron chi connectivity index (χ4n) is 1.96. The highest BCUT2D eigenvalue weighted by atomic mass is 35.5. The molecule has 0 bridgehead atoms. The van der Waals surface area contributed by atoms with E-state index in [4.69, 9.17) is 28.0 Å². The van der Waals surface area contributed by atoms with Crippen LogP contribution in [0.25, 0.3) is 11.0 Å². The van der Waals surface area contributed by atoms with Gasteiger partial charge in [-0.2, -0.15) is 0 Å². The Morgan fingerprint density at radius 2 is 2.08 bits per heavy atom. The standard InChI is InChI=1S/C15H11Cl2FN4O2/c1-8(15(23)19-10-3-4-12(18)11(17)7-10)24-22-14-6-9(16)2-5-13(14)20-21-22/h2-8H,1H3,(H,19,23). The van der Waals surface area contributed by atoms with E-state index in [9.17, 15) is 9.18 Å². The zero-order valence-corrected chi connectivity index (χ0v) is 13.8. The molecular weight excluding hydrogens is 358 g/mol. The van der Waals surface area contributed by atoms with Gasteiger partial charge in [-0.3, -0.25) is 4.79 Å². The number of aromatic nitrogens is 3. The molecule has 9 heteroatoms. The van der Waals surface area contributed by atoms with Crippen LogP contribution < -0.4 is 10.2 Å². The van der Waals surface area contributed by atoms with Crippen molar-refractivity contribution in [1.29, 1.82) is 0 Å². The van der Waals surface area contributed by atoms with Crippen LogP contribution in [0.15, 0.2) is 36.4 Å². The Bertz CT molecular complexity index is 916. The number of fused-ring (bicyclic) bond motifs is 1. The molecule has 124 valence electrons. The van der Waals surface area contributed by atoms with Gasteiger partial charge in [0.25, 0.3) is 5.91 Å². The molecule has 0 saturated carbocycles. The number of carbonyl (C=O) groups excluding carboxylic acids is 1. The second-order valence-electron chi connectivity index (χ2n) is 4.96. The number of halogens is 3. The minimum atomic E-state index is -0.891. The van der Waals surface area contributed by atoms with Crippen LogP contribution in [-0.4, -0.2) is 27.2 Å². The fraction of sp³-hybridized carbons (Fsp3) is 0.133. The number of benzene rings is 2. The van der Waals surface area contributed by atoms with Gasteiger partial charge in [-0.15, -0.1) is 5.10 Å². The first-order valence-electron chi connectivity index (χ1n) is 6.88. The highest BCUT2D eigenvalue weighted by Crippen LogP contribution is 2.20. The van der Waals surface area contributed by atoms with E-state index in [2.05, 4.69) is 15.6 Å². The molecule has 0 aliphatic rings. The number of hydrogen-bond donors (Lipinski definition) is 1. The lowest BCUT2D eigenvalue weighted by atomic mass is 10.3. The number of nitrogens with zero attached hydrogens (tertiary/aromatic N) is 3. The molecule has 0 aliphatic heterocycles. The van der Waals surface area contributed by atoms with Crippen molar-refractivity contribution in [3.05, 3.63) is 52.3 Å². The Hall–Kier alpha value is -2.38. The monoisotopic (exact) mass is 368 g/mol. The van der Waals surface area contributed by atoms with Gasteiger partial charge in [-0.05, 0) is 48.5 Å². The minimum absolute atomic E-state index is 0.0849. The average molecular weight is 369 g/mol. The van der Waals surface area contributed by atoms with Crippen LogP contribution in [0, 0.1) is 5.82 Å². The van der Waals surface area contributed by atoms with Crippen LogP contribution in [0.4, 0.5) is 10.1 Å². The number of anilines is 1. The summed E-state index contributed by atoms with van der Waals surface area (Å²) in [6.07, 6.45) is -0.891. The van der Waals surface area contributed by atoms with Crippen molar-refractivity contribution in [2.24, 2.45) is 0 Å². The summed E-state index contributed by atoms with van der Waals surface area (Å²) in [5.74, 6) is -1.02. The molecule has 3 aromatic rings. The Morgan fingerprint density at radius 3 is 2.83 bits per heavy atom. The van der Waals surface area contributed by atoms with Crippen molar-refractivity contribution in [2.45, 2.75) is 13.0 Å². The highest BCUT2D eigenvalue weighted by molar-refractivity contribution is 6.31. The van der Waals surface area contributed by atoms with Crippen molar-refractivity contribution < 1.29 is 14.0 Å². The second-order valence-corrected chi connectivity index (χ2v) is 5.80. The van der Waals surface area contributed by atoms with E-state index in [-0.39, 0.29) is 5.02 Å². The summed E-state index contributed by atoms with van der Waals surface area (Å²) < 4.78 is 13.1. The van der Waals surface area contributed by atoms with Gasteiger partial charge in [0, 0.05) is 10.7 Å². The first-order chi connectivity index (χ1) is 11.4. The van der Waals surface area contributed by atoms with E-state index in [1.54, 1.807) is 25.1 Å². The summed E-state index contributed by atoms with van der Waals surface area (Å²) in [5.41, 5.74) is 1.47. The summed E-state index contributed by atoms with van der Waals surface area (Å²) in [5, 5.41) is 10.7. The number of carbonyl (C=O) groups is 1. The van der Waals surface area contributed by atoms with Crippen molar-refractivity contribution in [2.75, 3.05) is 5.32 Å². The van der Waals surface area contributed by atoms with Gasteiger partial charge in [0.1, 0.15) is 16.9 Å². The maximum atomic E-state index is 13.1. The molecule has 24 heavy (non-hydrogen) atoms. The fourth-order valence-corrected chi connectivity index (χ4v) is 2.31. The molecule has 1 amide bonds. The van der Waals surface area contributed by atoms with Crippen molar-refractivity contribution in [1.82, 2.24) is 15.2 Å². The summed E-state index contributed by atoms with van der Waals surface area (Å²) in [6.45, 7) is 1.54. The van der Waals surface area contributed by atoms with Gasteiger partial charge in [0.2, 0.25) is 6.10 Å². The lowest BCUT2D eigenvalue weighted by Gasteiger charge is -2.14. The third-order valence-electron chi connectivity index (χ3n) is 3.19. The topological polar surface area (TPSA) is 69.0 Å². The van der Waals surface area contributed by atoms with Crippen molar-refractivity contribution in [3.63, 3.8) is 0 Å². The van der Waals surface area contributed by atoms with E-state index >= 15 is 0 Å². The average Bonchev–Trinajstić information content (AvgIpc) is 2.93. The molecule has 1 N–H and O–H groups in total. The molecule has 2 aromatic carbocycles. The lowest BCUT2D eigenvalue weighted by Crippen LogP contribution is -2.35. The number of amides is 1. The third-order valence-corrected chi connectivity index (χ3v) is 3.72. The maximum absolute atomic E-state index is 13.1. The molecule has 1 unspecified atom stereocenters. The van der Waals surface area contributed by atoms with Crippen LogP contribution in [0.3, 0.4) is 0 Å². The zero-order valence-electron chi connectivity index (χ0n) is 12.3. The molecule has 0 fully saturated rings. The Labute approximate surface area is 146 Å².